The van der Waals surface area contributed by atoms with Crippen molar-refractivity contribution in [2.24, 2.45) is 5.73 Å². The van der Waals surface area contributed by atoms with Gasteiger partial charge < -0.3 is 5.73 Å². The van der Waals surface area contributed by atoms with Crippen LogP contribution >= 0.6 is 11.5 Å². The average Bonchev–Trinajstić information content (AvgIpc) is 2.33. The summed E-state index contributed by atoms with van der Waals surface area (Å²) < 4.78 is 4.19. The second-order valence-electron chi connectivity index (χ2n) is 2.93. The van der Waals surface area contributed by atoms with Crippen LogP contribution in [0.3, 0.4) is 0 Å². The van der Waals surface area contributed by atoms with Gasteiger partial charge in [0.15, 0.2) is 0 Å². The molecule has 62 valence electrons. The number of aromatic nitrogens is 2. The number of nitrogens with two attached hydrogens (primary N) is 1. The van der Waals surface area contributed by atoms with E-state index in [-0.39, 0.29) is 6.04 Å². The van der Waals surface area contributed by atoms with E-state index in [2.05, 4.69) is 23.2 Å². The van der Waals surface area contributed by atoms with Crippen LogP contribution in [0.25, 0.3) is 0 Å². The van der Waals surface area contributed by atoms with Crippen LogP contribution in [0.5, 0.6) is 0 Å². The zero-order chi connectivity index (χ0) is 8.43. The molecule has 1 aromatic heterocycles. The van der Waals surface area contributed by atoms with E-state index in [0.717, 1.165) is 10.8 Å². The molecule has 0 radical (unpaired) electrons. The molecule has 0 spiro atoms. The van der Waals surface area contributed by atoms with Crippen molar-refractivity contribution < 1.29 is 0 Å². The summed E-state index contributed by atoms with van der Waals surface area (Å²) in [6.07, 6.45) is 0. The van der Waals surface area contributed by atoms with Crippen LogP contribution < -0.4 is 5.73 Å². The first-order valence-electron chi connectivity index (χ1n) is 3.70. The van der Waals surface area contributed by atoms with Gasteiger partial charge in [0.1, 0.15) is 10.8 Å². The highest BCUT2D eigenvalue weighted by Crippen LogP contribution is 2.16. The largest absolute Gasteiger partial charge is 0.322 e. The second kappa shape index (κ2) is 3.28. The molecule has 1 unspecified atom stereocenters. The molecule has 2 N–H and O–H groups in total. The lowest BCUT2D eigenvalue weighted by Gasteiger charge is -1.97. The van der Waals surface area contributed by atoms with Gasteiger partial charge in [-0.15, -0.1) is 0 Å². The van der Waals surface area contributed by atoms with Crippen molar-refractivity contribution >= 4 is 11.5 Å². The van der Waals surface area contributed by atoms with Crippen molar-refractivity contribution in [2.75, 3.05) is 0 Å². The van der Waals surface area contributed by atoms with E-state index in [4.69, 9.17) is 5.73 Å². The fourth-order valence-corrected chi connectivity index (χ4v) is 1.41. The molecule has 1 aromatic rings. The Hall–Kier alpha value is -0.480. The molecule has 0 aliphatic heterocycles. The average molecular weight is 171 g/mol. The van der Waals surface area contributed by atoms with Gasteiger partial charge in [-0.3, -0.25) is 0 Å². The fraction of sp³-hybridized carbons (Fsp3) is 0.714. The lowest BCUT2D eigenvalue weighted by atomic mass is 10.2. The van der Waals surface area contributed by atoms with Crippen LogP contribution in [-0.4, -0.2) is 9.36 Å². The first kappa shape index (κ1) is 8.62. The van der Waals surface area contributed by atoms with E-state index in [9.17, 15) is 0 Å². The molecular weight excluding hydrogens is 158 g/mol. The molecule has 1 heterocycles. The van der Waals surface area contributed by atoms with Crippen molar-refractivity contribution in [2.45, 2.75) is 32.7 Å². The Labute approximate surface area is 70.8 Å². The van der Waals surface area contributed by atoms with Crippen molar-refractivity contribution in [3.05, 3.63) is 10.8 Å². The Morgan fingerprint density at radius 1 is 1.36 bits per heavy atom. The van der Waals surface area contributed by atoms with Crippen molar-refractivity contribution in [1.29, 1.82) is 0 Å². The highest BCUT2D eigenvalue weighted by Gasteiger charge is 2.09. The van der Waals surface area contributed by atoms with Crippen molar-refractivity contribution in [3.8, 4) is 0 Å². The van der Waals surface area contributed by atoms with Gasteiger partial charge in [-0.1, -0.05) is 13.8 Å². The van der Waals surface area contributed by atoms with Crippen LogP contribution in [0, 0.1) is 0 Å². The Morgan fingerprint density at radius 2 is 2.00 bits per heavy atom. The maximum atomic E-state index is 5.64. The summed E-state index contributed by atoms with van der Waals surface area (Å²) in [6.45, 7) is 6.07. The molecule has 0 aromatic carbocycles. The number of hydrogen-bond donors (Lipinski definition) is 1. The molecule has 0 bridgehead atoms. The molecule has 11 heavy (non-hydrogen) atoms. The molecule has 0 amide bonds. The minimum absolute atomic E-state index is 0.0139. The highest BCUT2D eigenvalue weighted by atomic mass is 32.1. The number of rotatable bonds is 2. The van der Waals surface area contributed by atoms with Crippen LogP contribution in [0.15, 0.2) is 0 Å². The molecule has 3 nitrogen and oxygen atoms in total. The quantitative estimate of drug-likeness (QED) is 0.736. The minimum atomic E-state index is 0.0139. The topological polar surface area (TPSA) is 51.8 Å². The Kier molecular flexibility index (Phi) is 2.57. The van der Waals surface area contributed by atoms with Gasteiger partial charge in [0.05, 0.1) is 6.04 Å². The lowest BCUT2D eigenvalue weighted by molar-refractivity contribution is 0.757. The predicted octanol–water partition coefficient (Wildman–Crippen LogP) is 1.68. The maximum Gasteiger partial charge on any atom is 0.145 e. The monoisotopic (exact) mass is 171 g/mol. The van der Waals surface area contributed by atoms with Crippen LogP contribution in [0.1, 0.15) is 43.6 Å². The zero-order valence-corrected chi connectivity index (χ0v) is 7.85. The van der Waals surface area contributed by atoms with Gasteiger partial charge in [-0.05, 0) is 18.5 Å². The normalized spacial score (nSPS) is 13.9. The predicted molar refractivity (Wildman–Crippen MR) is 46.6 cm³/mol. The maximum absolute atomic E-state index is 5.64. The second-order valence-corrected chi connectivity index (χ2v) is 3.72. The zero-order valence-electron chi connectivity index (χ0n) is 7.03. The summed E-state index contributed by atoms with van der Waals surface area (Å²) >= 11 is 1.40. The molecule has 0 aliphatic carbocycles. The van der Waals surface area contributed by atoms with E-state index in [1.54, 1.807) is 0 Å². The van der Waals surface area contributed by atoms with E-state index in [0.29, 0.717) is 5.92 Å². The summed E-state index contributed by atoms with van der Waals surface area (Å²) in [5, 5.41) is 0.925. The fourth-order valence-electron chi connectivity index (χ4n) is 0.667. The highest BCUT2D eigenvalue weighted by molar-refractivity contribution is 7.05. The van der Waals surface area contributed by atoms with E-state index >= 15 is 0 Å². The SMILES string of the molecule is CC(C)c1nsc(C(C)N)n1. The molecule has 0 fully saturated rings. The van der Waals surface area contributed by atoms with E-state index in [1.807, 2.05) is 6.92 Å². The molecule has 1 atom stereocenters. The van der Waals surface area contributed by atoms with Crippen LogP contribution in [-0.2, 0) is 0 Å². The van der Waals surface area contributed by atoms with Crippen molar-refractivity contribution in [3.63, 3.8) is 0 Å². The minimum Gasteiger partial charge on any atom is -0.322 e. The molecule has 4 heteroatoms. The van der Waals surface area contributed by atoms with Gasteiger partial charge in [0, 0.05) is 5.92 Å². The van der Waals surface area contributed by atoms with Crippen molar-refractivity contribution in [1.82, 2.24) is 9.36 Å². The summed E-state index contributed by atoms with van der Waals surface area (Å²) in [5.41, 5.74) is 5.64. The summed E-state index contributed by atoms with van der Waals surface area (Å²) in [5.74, 6) is 1.31. The first-order valence-corrected chi connectivity index (χ1v) is 4.47. The molecule has 0 saturated heterocycles. The molecular formula is C7H13N3S. The Morgan fingerprint density at radius 3 is 2.27 bits per heavy atom. The lowest BCUT2D eigenvalue weighted by Crippen LogP contribution is -2.04. The molecule has 0 aliphatic rings. The van der Waals surface area contributed by atoms with E-state index in [1.165, 1.54) is 11.5 Å². The van der Waals surface area contributed by atoms with Gasteiger partial charge in [0.2, 0.25) is 0 Å². The van der Waals surface area contributed by atoms with Gasteiger partial charge in [-0.2, -0.15) is 4.37 Å². The third-order valence-corrected chi connectivity index (χ3v) is 2.29. The van der Waals surface area contributed by atoms with Crippen LogP contribution in [0.2, 0.25) is 0 Å². The van der Waals surface area contributed by atoms with Crippen LogP contribution in [0.4, 0.5) is 0 Å². The van der Waals surface area contributed by atoms with Gasteiger partial charge in [-0.25, -0.2) is 4.98 Å². The Bertz CT molecular complexity index is 207. The van der Waals surface area contributed by atoms with Gasteiger partial charge in [0.25, 0.3) is 0 Å². The van der Waals surface area contributed by atoms with Gasteiger partial charge >= 0.3 is 0 Å². The molecule has 0 saturated carbocycles. The summed E-state index contributed by atoms with van der Waals surface area (Å²) in [7, 11) is 0. The van der Waals surface area contributed by atoms with E-state index < -0.39 is 0 Å². The third kappa shape index (κ3) is 1.97. The first-order chi connectivity index (χ1) is 5.11. The third-order valence-electron chi connectivity index (χ3n) is 1.36. The molecule has 1 rings (SSSR count). The standard InChI is InChI=1S/C7H13N3S/c1-4(2)6-9-7(5(3)8)11-10-6/h4-5H,8H2,1-3H3. The summed E-state index contributed by atoms with van der Waals surface area (Å²) in [4.78, 5) is 4.29. The number of hydrogen-bond acceptors (Lipinski definition) is 4. The Balaban J connectivity index is 2.82. The smallest absolute Gasteiger partial charge is 0.145 e. The number of nitrogens with zero attached hydrogens (tertiary/aromatic N) is 2. The summed E-state index contributed by atoms with van der Waals surface area (Å²) in [6, 6.07) is 0.0139.